The van der Waals surface area contributed by atoms with Gasteiger partial charge >= 0.3 is 0 Å². The van der Waals surface area contributed by atoms with Crippen molar-refractivity contribution in [2.45, 2.75) is 25.3 Å². The number of hydrogen-bond donors (Lipinski definition) is 2. The fourth-order valence-corrected chi connectivity index (χ4v) is 3.56. The molecule has 154 valence electrons. The van der Waals surface area contributed by atoms with Crippen molar-refractivity contribution in [3.8, 4) is 23.0 Å². The summed E-state index contributed by atoms with van der Waals surface area (Å²) in [5, 5.41) is 1.19. The summed E-state index contributed by atoms with van der Waals surface area (Å²) in [6.07, 6.45) is 3.51. The number of aromatic amines is 1. The van der Waals surface area contributed by atoms with Crippen molar-refractivity contribution < 1.29 is 18.6 Å². The molecule has 2 aromatic carbocycles. The number of hydrogen-bond acceptors (Lipinski definition) is 5. The maximum Gasteiger partial charge on any atom is 0.187 e. The van der Waals surface area contributed by atoms with Crippen LogP contribution in [0.4, 0.5) is 4.39 Å². The molecule has 5 rings (SSSR count). The van der Waals surface area contributed by atoms with Gasteiger partial charge in [0.15, 0.2) is 23.1 Å². The maximum absolute atomic E-state index is 15.0. The van der Waals surface area contributed by atoms with Crippen molar-refractivity contribution in [2.24, 2.45) is 5.73 Å². The lowest BCUT2D eigenvalue weighted by Crippen LogP contribution is -2.29. The van der Waals surface area contributed by atoms with Crippen molar-refractivity contribution in [2.75, 3.05) is 13.7 Å². The highest BCUT2D eigenvalue weighted by Crippen LogP contribution is 2.41. The van der Waals surface area contributed by atoms with Crippen LogP contribution in [0.1, 0.15) is 18.5 Å². The lowest BCUT2D eigenvalue weighted by molar-refractivity contribution is 0.265. The Hall–Kier alpha value is -3.32. The third-order valence-electron chi connectivity index (χ3n) is 5.46. The van der Waals surface area contributed by atoms with Crippen LogP contribution in [0, 0.1) is 12.7 Å². The van der Waals surface area contributed by atoms with E-state index in [1.807, 2.05) is 13.0 Å². The molecule has 0 aliphatic heterocycles. The quantitative estimate of drug-likeness (QED) is 0.478. The van der Waals surface area contributed by atoms with Gasteiger partial charge in [-0.15, -0.1) is 0 Å². The molecule has 4 aromatic rings. The molecule has 0 saturated heterocycles. The number of H-pyrrole nitrogens is 1. The van der Waals surface area contributed by atoms with Gasteiger partial charge in [-0.05, 0) is 56.2 Å². The van der Waals surface area contributed by atoms with Crippen LogP contribution in [0.25, 0.3) is 21.8 Å². The van der Waals surface area contributed by atoms with Crippen LogP contribution < -0.4 is 19.9 Å². The minimum absolute atomic E-state index is 0.145. The summed E-state index contributed by atoms with van der Waals surface area (Å²) in [5.41, 5.74) is 8.07. The number of ether oxygens (including phenoxy) is 3. The van der Waals surface area contributed by atoms with E-state index in [1.165, 1.54) is 0 Å². The van der Waals surface area contributed by atoms with E-state index in [2.05, 4.69) is 9.97 Å². The summed E-state index contributed by atoms with van der Waals surface area (Å²) < 4.78 is 32.4. The smallest absolute Gasteiger partial charge is 0.187 e. The standard InChI is InChI=1S/C23H22FN3O3/c1-13-11-15-16(27-13)4-6-18(20(15)24)30-17-7-10-26-21-14(17)3-5-19(22(21)28-2)29-12-23(25)8-9-23/h3-7,10-11,27H,8-9,12,25H2,1-2H3. The van der Waals surface area contributed by atoms with E-state index in [1.54, 1.807) is 43.6 Å². The molecule has 1 aliphatic carbocycles. The first-order valence-corrected chi connectivity index (χ1v) is 9.80. The molecule has 6 nitrogen and oxygen atoms in total. The van der Waals surface area contributed by atoms with Gasteiger partial charge in [0.25, 0.3) is 0 Å². The van der Waals surface area contributed by atoms with Crippen LogP contribution in [0.15, 0.2) is 42.6 Å². The van der Waals surface area contributed by atoms with Crippen molar-refractivity contribution >= 4 is 21.8 Å². The molecular weight excluding hydrogens is 385 g/mol. The van der Waals surface area contributed by atoms with E-state index in [9.17, 15) is 4.39 Å². The number of fused-ring (bicyclic) bond motifs is 2. The Kier molecular flexibility index (Phi) is 4.29. The molecule has 1 aliphatic rings. The molecule has 0 unspecified atom stereocenters. The third kappa shape index (κ3) is 3.21. The average Bonchev–Trinajstić information content (AvgIpc) is 3.35. The topological polar surface area (TPSA) is 82.4 Å². The predicted octanol–water partition coefficient (Wildman–Crippen LogP) is 4.83. The average molecular weight is 407 g/mol. The van der Waals surface area contributed by atoms with Crippen LogP contribution in [0.3, 0.4) is 0 Å². The van der Waals surface area contributed by atoms with E-state index in [-0.39, 0.29) is 11.3 Å². The summed E-state index contributed by atoms with van der Waals surface area (Å²) in [7, 11) is 1.56. The molecule has 0 atom stereocenters. The second-order valence-electron chi connectivity index (χ2n) is 7.85. The first-order valence-electron chi connectivity index (χ1n) is 9.80. The highest BCUT2D eigenvalue weighted by molar-refractivity contribution is 5.92. The minimum Gasteiger partial charge on any atom is -0.491 e. The number of aromatic nitrogens is 2. The molecule has 1 saturated carbocycles. The number of nitrogens with two attached hydrogens (primary N) is 1. The second-order valence-corrected chi connectivity index (χ2v) is 7.85. The van der Waals surface area contributed by atoms with Crippen molar-refractivity contribution in [3.05, 3.63) is 54.1 Å². The minimum atomic E-state index is -0.411. The molecule has 3 N–H and O–H groups in total. The van der Waals surface area contributed by atoms with Gasteiger partial charge in [0.05, 0.1) is 12.6 Å². The van der Waals surface area contributed by atoms with Crippen molar-refractivity contribution in [1.29, 1.82) is 0 Å². The Bertz CT molecular complexity index is 1260. The number of nitrogens with one attached hydrogen (secondary N) is 1. The zero-order valence-electron chi connectivity index (χ0n) is 16.8. The number of pyridine rings is 1. The largest absolute Gasteiger partial charge is 0.491 e. The van der Waals surface area contributed by atoms with Gasteiger partial charge in [-0.3, -0.25) is 4.98 Å². The highest BCUT2D eigenvalue weighted by Gasteiger charge is 2.39. The van der Waals surface area contributed by atoms with Crippen molar-refractivity contribution in [1.82, 2.24) is 9.97 Å². The normalized spacial score (nSPS) is 14.8. The molecule has 2 aromatic heterocycles. The van der Waals surface area contributed by atoms with Gasteiger partial charge in [-0.2, -0.15) is 0 Å². The molecule has 0 bridgehead atoms. The zero-order chi connectivity index (χ0) is 20.9. The summed E-state index contributed by atoms with van der Waals surface area (Å²) in [6.45, 7) is 2.31. The van der Waals surface area contributed by atoms with E-state index in [4.69, 9.17) is 19.9 Å². The molecule has 1 fully saturated rings. The lowest BCUT2D eigenvalue weighted by atomic mass is 10.1. The highest BCUT2D eigenvalue weighted by atomic mass is 19.1. The van der Waals surface area contributed by atoms with E-state index in [0.29, 0.717) is 40.1 Å². The van der Waals surface area contributed by atoms with E-state index >= 15 is 0 Å². The number of aryl methyl sites for hydroxylation is 1. The van der Waals surface area contributed by atoms with Crippen molar-refractivity contribution in [3.63, 3.8) is 0 Å². The number of rotatable bonds is 6. The summed E-state index contributed by atoms with van der Waals surface area (Å²) in [6, 6.07) is 10.5. The van der Waals surface area contributed by atoms with Crippen LogP contribution in [0.5, 0.6) is 23.0 Å². The Morgan fingerprint density at radius 2 is 1.90 bits per heavy atom. The van der Waals surface area contributed by atoms with Gasteiger partial charge in [-0.25, -0.2) is 4.39 Å². The lowest BCUT2D eigenvalue weighted by Gasteiger charge is -2.16. The summed E-state index contributed by atoms with van der Waals surface area (Å²) >= 11 is 0. The van der Waals surface area contributed by atoms with Gasteiger partial charge in [0, 0.05) is 28.2 Å². The van der Waals surface area contributed by atoms with Gasteiger partial charge in [0.1, 0.15) is 17.9 Å². The molecule has 30 heavy (non-hydrogen) atoms. The number of halogens is 1. The zero-order valence-corrected chi connectivity index (χ0v) is 16.8. The first-order chi connectivity index (χ1) is 14.5. The second kappa shape index (κ2) is 6.88. The van der Waals surface area contributed by atoms with Crippen LogP contribution in [0.2, 0.25) is 0 Å². The SMILES string of the molecule is COc1c(OCC2(N)CC2)ccc2c(Oc3ccc4[nH]c(C)cc4c3F)ccnc12. The molecule has 7 heteroatoms. The Morgan fingerprint density at radius 1 is 1.10 bits per heavy atom. The van der Waals surface area contributed by atoms with Crippen LogP contribution in [-0.4, -0.2) is 29.2 Å². The monoisotopic (exact) mass is 407 g/mol. The molecule has 0 spiro atoms. The third-order valence-corrected chi connectivity index (χ3v) is 5.46. The van der Waals surface area contributed by atoms with Gasteiger partial charge in [0.2, 0.25) is 0 Å². The van der Waals surface area contributed by atoms with E-state index in [0.717, 1.165) is 24.1 Å². The maximum atomic E-state index is 15.0. The molecular formula is C23H22FN3O3. The van der Waals surface area contributed by atoms with Gasteiger partial charge in [-0.1, -0.05) is 0 Å². The molecule has 2 heterocycles. The number of methoxy groups -OCH3 is 1. The molecule has 0 radical (unpaired) electrons. The Balaban J connectivity index is 1.53. The predicted molar refractivity (Wildman–Crippen MR) is 113 cm³/mol. The van der Waals surface area contributed by atoms with Crippen LogP contribution >= 0.6 is 0 Å². The summed E-state index contributed by atoms with van der Waals surface area (Å²) in [4.78, 5) is 7.56. The van der Waals surface area contributed by atoms with Crippen LogP contribution in [-0.2, 0) is 0 Å². The Morgan fingerprint density at radius 3 is 2.67 bits per heavy atom. The van der Waals surface area contributed by atoms with E-state index < -0.39 is 5.82 Å². The number of nitrogens with zero attached hydrogens (tertiary/aromatic N) is 1. The fourth-order valence-electron chi connectivity index (χ4n) is 3.56. The Labute approximate surface area is 172 Å². The van der Waals surface area contributed by atoms with Gasteiger partial charge < -0.3 is 24.9 Å². The first kappa shape index (κ1) is 18.7. The number of benzene rings is 2. The fraction of sp³-hybridized carbons (Fsp3) is 0.261. The summed E-state index contributed by atoms with van der Waals surface area (Å²) in [5.74, 6) is 1.28. The molecule has 0 amide bonds.